The Morgan fingerprint density at radius 2 is 0.881 bits per heavy atom. The Labute approximate surface area is 410 Å². The number of phenolic OH excluding ortho intramolecular Hbond substituents is 2. The van der Waals surface area contributed by atoms with E-state index in [-0.39, 0.29) is 42.2 Å². The molecule has 10 rings (SSSR count). The monoisotopic (exact) mass is 960 g/mol. The Balaban J connectivity index is 0.000000372. The van der Waals surface area contributed by atoms with Crippen LogP contribution >= 0.6 is 15.9 Å². The van der Waals surface area contributed by atoms with Crippen LogP contribution in [-0.4, -0.2) is 29.8 Å². The molecule has 1 aliphatic carbocycles. The molecule has 0 bridgehead atoms. The number of hydrogen-bond acceptors (Lipinski definition) is 2. The maximum atomic E-state index is 12.2. The van der Waals surface area contributed by atoms with E-state index >= 15 is 0 Å². The van der Waals surface area contributed by atoms with E-state index in [2.05, 4.69) is 162 Å². The molecule has 0 saturated heterocycles. The second-order valence-electron chi connectivity index (χ2n) is 20.3. The van der Waals surface area contributed by atoms with E-state index in [1.165, 1.54) is 60.4 Å². The summed E-state index contributed by atoms with van der Waals surface area (Å²) in [4.78, 5) is 0. The molecule has 2 N–H and O–H groups in total. The summed E-state index contributed by atoms with van der Waals surface area (Å²) < 4.78 is 4.38. The average Bonchev–Trinajstić information content (AvgIpc) is 4.00. The van der Waals surface area contributed by atoms with Gasteiger partial charge in [0.1, 0.15) is 0 Å². The predicted molar refractivity (Wildman–Crippen MR) is 287 cm³/mol. The molecule has 2 aromatic heterocycles. The molecular weight excluding hydrogens is 893 g/mol. The van der Waals surface area contributed by atoms with Gasteiger partial charge in [0.25, 0.3) is 0 Å². The zero-order chi connectivity index (χ0) is 47.3. The molecule has 4 atom stereocenters. The van der Waals surface area contributed by atoms with E-state index in [1.54, 1.807) is 0 Å². The largest absolute Gasteiger partial charge is 0.199 e. The van der Waals surface area contributed by atoms with Crippen LogP contribution in [0.5, 0.6) is 11.5 Å². The molecule has 7 heteroatoms. The molecule has 0 radical (unpaired) electrons. The molecule has 3 heterocycles. The summed E-state index contributed by atoms with van der Waals surface area (Å²) in [6.45, 7) is 21.2. The minimum Gasteiger partial charge on any atom is -0.199 e. The van der Waals surface area contributed by atoms with Crippen LogP contribution in [0, 0.1) is 13.8 Å². The first-order chi connectivity index (χ1) is 32.2. The first-order valence-corrected chi connectivity index (χ1v) is 30.6. The maximum absolute atomic E-state index is 12.2. The number of phenols is 2. The zero-order valence-electron chi connectivity index (χ0n) is 40.3. The molecule has 1 saturated carbocycles. The number of aromatic nitrogens is 2. The van der Waals surface area contributed by atoms with Crippen LogP contribution in [0.2, 0.25) is 0 Å². The molecule has 2 unspecified atom stereocenters. The van der Waals surface area contributed by atoms with Crippen LogP contribution in [0.1, 0.15) is 113 Å². The standard InChI is InChI=1S/C46H54N2O2S2.2C7H7.Ti/c1-45(2,3)35-25-33(43(49)39(27-35)47-23-21-31-15-11-13-17-37(31)47)29-51-41-19-9-7-8-10-20-42(41)52-30-34-26-36(46(4,5)6)28-40(44(34)50)48-24-22-32-16-12-14-18-38(32)48;2*1-7-5-3-2-4-6-7;/h11-18,21-28,41-42,49-50H,7-10,19-20,29-30H2,1-6H3;2*2-6H,1H2;/q;2*-1;/t41-,42?;;;/m0.../s1. The fraction of sp³-hybridized carbons (Fsp3) is 0.300. The van der Waals surface area contributed by atoms with E-state index in [4.69, 9.17) is 0 Å². The second-order valence-corrected chi connectivity index (χ2v) is 31.7. The van der Waals surface area contributed by atoms with Crippen molar-refractivity contribution in [3.63, 3.8) is 0 Å². The topological polar surface area (TPSA) is 50.3 Å². The number of hydrogen-bond donors (Lipinski definition) is 2. The van der Waals surface area contributed by atoms with Gasteiger partial charge in [0, 0.05) is 0 Å². The molecule has 4 nitrogen and oxygen atoms in total. The van der Waals surface area contributed by atoms with E-state index in [9.17, 15) is 10.2 Å². The minimum atomic E-state index is -0.355. The van der Waals surface area contributed by atoms with Gasteiger partial charge in [-0.05, 0) is 0 Å². The summed E-state index contributed by atoms with van der Waals surface area (Å²) in [5.74, 6) is 2.85. The van der Waals surface area contributed by atoms with Crippen molar-refractivity contribution in [2.24, 2.45) is 0 Å². The predicted octanol–water partition coefficient (Wildman–Crippen LogP) is 16.6. The van der Waals surface area contributed by atoms with Crippen molar-refractivity contribution in [1.29, 1.82) is 0 Å². The Morgan fingerprint density at radius 1 is 0.507 bits per heavy atom. The summed E-state index contributed by atoms with van der Waals surface area (Å²) in [5.41, 5.74) is 10.9. The molecule has 6 aromatic carbocycles. The second kappa shape index (κ2) is 21.2. The first kappa shape index (κ1) is 48.6. The third-order valence-corrected chi connectivity index (χ3v) is 29.1. The third kappa shape index (κ3) is 11.5. The number of nitrogens with zero attached hydrogens (tertiary/aromatic N) is 2. The molecule has 1 aliphatic heterocycles. The van der Waals surface area contributed by atoms with Crippen molar-refractivity contribution in [3.05, 3.63) is 205 Å². The van der Waals surface area contributed by atoms with Gasteiger partial charge in [-0.1, -0.05) is 12.1 Å². The third-order valence-electron chi connectivity index (χ3n) is 13.2. The van der Waals surface area contributed by atoms with Gasteiger partial charge in [-0.3, -0.25) is 0 Å². The molecule has 348 valence electrons. The zero-order valence-corrected chi connectivity index (χ0v) is 43.5. The van der Waals surface area contributed by atoms with Crippen LogP contribution in [0.3, 0.4) is 0 Å². The van der Waals surface area contributed by atoms with Gasteiger partial charge in [-0.15, -0.1) is 24.3 Å². The Bertz CT molecular complexity index is 2840. The quantitative estimate of drug-likeness (QED) is 0.129. The van der Waals surface area contributed by atoms with E-state index in [0.717, 1.165) is 56.2 Å². The van der Waals surface area contributed by atoms with Gasteiger partial charge in [0.2, 0.25) is 0 Å². The molecule has 8 aromatic rings. The van der Waals surface area contributed by atoms with E-state index in [0.29, 0.717) is 22.0 Å². The normalized spacial score (nSPS) is 18.3. The van der Waals surface area contributed by atoms with Gasteiger partial charge >= 0.3 is 328 Å². The SMILES string of the molecule is CC(C)(C)c1cc(C[S]2=[Ti]=[S@@](Cc3cc(C(C)(C)C)cc(-n4ccc5ccccc54)c3O)C3CCCCCC[C@@H]32)c(O)c(-n2ccc3ccccc32)c1.[CH2-]c1ccccc1.[CH2-]c1ccccc1. The van der Waals surface area contributed by atoms with Crippen LogP contribution in [0.15, 0.2) is 158 Å². The minimum absolute atomic E-state index is 0.0410. The maximum Gasteiger partial charge on any atom is -0.0866 e. The first-order valence-electron chi connectivity index (χ1n) is 23.9. The van der Waals surface area contributed by atoms with Crippen molar-refractivity contribution in [2.45, 2.75) is 113 Å². The van der Waals surface area contributed by atoms with Crippen molar-refractivity contribution >= 4 is 37.7 Å². The Morgan fingerprint density at radius 3 is 1.24 bits per heavy atom. The van der Waals surface area contributed by atoms with Crippen LogP contribution in [-0.2, 0) is 37.8 Å². The fourth-order valence-electron chi connectivity index (χ4n) is 9.29. The summed E-state index contributed by atoms with van der Waals surface area (Å²) >= 11 is -0.355. The number of aromatic hydroxyl groups is 2. The summed E-state index contributed by atoms with van der Waals surface area (Å²) in [5, 5.41) is 28.2. The smallest absolute Gasteiger partial charge is 0.0866 e. The van der Waals surface area contributed by atoms with Crippen LogP contribution in [0.25, 0.3) is 33.2 Å². The molecule has 0 amide bonds. The van der Waals surface area contributed by atoms with Gasteiger partial charge in [0.15, 0.2) is 0 Å². The fourth-order valence-corrected chi connectivity index (χ4v) is 30.1. The summed E-state index contributed by atoms with van der Waals surface area (Å²) in [6, 6.07) is 50.1. The summed E-state index contributed by atoms with van der Waals surface area (Å²) in [6.07, 6.45) is 12.2. The summed E-state index contributed by atoms with van der Waals surface area (Å²) in [7, 11) is 0.508. The van der Waals surface area contributed by atoms with Crippen LogP contribution in [0.4, 0.5) is 0 Å². The molecule has 2 aliphatic rings. The number of rotatable bonds is 6. The van der Waals surface area contributed by atoms with Crippen molar-refractivity contribution in [2.75, 3.05) is 0 Å². The van der Waals surface area contributed by atoms with Gasteiger partial charge in [0.05, 0.1) is 0 Å². The van der Waals surface area contributed by atoms with Crippen molar-refractivity contribution in [3.8, 4) is 22.9 Å². The average molecular weight is 961 g/mol. The Kier molecular flexibility index (Phi) is 15.4. The van der Waals surface area contributed by atoms with Crippen molar-refractivity contribution < 1.29 is 25.7 Å². The number of fused-ring (bicyclic) bond motifs is 3. The molecular formula is C60H68N2O2S2Ti-2. The number of para-hydroxylation sites is 2. The molecule has 0 spiro atoms. The van der Waals surface area contributed by atoms with Gasteiger partial charge in [-0.2, -0.15) is 49.2 Å². The van der Waals surface area contributed by atoms with Gasteiger partial charge < -0.3 is 0 Å². The molecule has 1 fully saturated rings. The van der Waals surface area contributed by atoms with Gasteiger partial charge in [-0.25, -0.2) is 0 Å². The van der Waals surface area contributed by atoms with E-state index < -0.39 is 0 Å². The van der Waals surface area contributed by atoms with E-state index in [1.807, 2.05) is 60.7 Å². The molecule has 67 heavy (non-hydrogen) atoms. The Hall–Kier alpha value is -4.85. The van der Waals surface area contributed by atoms with Crippen molar-refractivity contribution in [1.82, 2.24) is 9.13 Å². The van der Waals surface area contributed by atoms with Crippen LogP contribution < -0.4 is 0 Å². The number of benzene rings is 6.